The number of nitrogens with one attached hydrogen (secondary N) is 2. The van der Waals surface area contributed by atoms with Crippen LogP contribution in [-0.2, 0) is 18.3 Å². The van der Waals surface area contributed by atoms with Crippen LogP contribution in [0.25, 0.3) is 10.9 Å². The van der Waals surface area contributed by atoms with Gasteiger partial charge in [0.1, 0.15) is 0 Å². The van der Waals surface area contributed by atoms with Gasteiger partial charge >= 0.3 is 0 Å². The summed E-state index contributed by atoms with van der Waals surface area (Å²) >= 11 is 0. The van der Waals surface area contributed by atoms with Crippen LogP contribution in [-0.4, -0.2) is 31.2 Å². The number of pyridine rings is 1. The molecule has 3 aromatic rings. The lowest BCUT2D eigenvalue weighted by Crippen LogP contribution is -2.43. The predicted octanol–water partition coefficient (Wildman–Crippen LogP) is 3.52. The highest BCUT2D eigenvalue weighted by atomic mass is 16.1. The predicted molar refractivity (Wildman–Crippen MR) is 122 cm³/mol. The number of fused-ring (bicyclic) bond motifs is 1. The zero-order chi connectivity index (χ0) is 21.1. The van der Waals surface area contributed by atoms with Crippen molar-refractivity contribution >= 4 is 16.6 Å². The molecule has 0 aliphatic carbocycles. The molecular formula is C25H28N4O. The van der Waals surface area contributed by atoms with Crippen LogP contribution in [0.3, 0.4) is 0 Å². The van der Waals surface area contributed by atoms with Crippen molar-refractivity contribution in [3.63, 3.8) is 0 Å². The number of nitriles is 1. The molecule has 0 saturated carbocycles. The molecule has 2 aromatic carbocycles. The molecule has 1 fully saturated rings. The van der Waals surface area contributed by atoms with Crippen molar-refractivity contribution in [2.24, 2.45) is 0 Å². The summed E-state index contributed by atoms with van der Waals surface area (Å²) in [5.41, 5.74) is 4.11. The van der Waals surface area contributed by atoms with Crippen LogP contribution in [0.2, 0.25) is 0 Å². The quantitative estimate of drug-likeness (QED) is 0.687. The first-order valence-corrected chi connectivity index (χ1v) is 10.6. The molecule has 2 N–H and O–H groups in total. The van der Waals surface area contributed by atoms with Crippen LogP contribution in [0.15, 0.2) is 53.3 Å². The number of aromatic nitrogens is 1. The Balaban J connectivity index is 1.65. The first-order valence-electron chi connectivity index (χ1n) is 10.6. The van der Waals surface area contributed by atoms with Crippen LogP contribution in [0, 0.1) is 11.3 Å². The maximum atomic E-state index is 12.2. The van der Waals surface area contributed by atoms with E-state index in [0.29, 0.717) is 12.8 Å². The zero-order valence-electron chi connectivity index (χ0n) is 17.7. The van der Waals surface area contributed by atoms with Gasteiger partial charge in [0, 0.05) is 42.9 Å². The number of piperazine rings is 1. The van der Waals surface area contributed by atoms with Gasteiger partial charge in [-0.15, -0.1) is 0 Å². The second-order valence-corrected chi connectivity index (χ2v) is 8.31. The summed E-state index contributed by atoms with van der Waals surface area (Å²) in [6.45, 7) is 7.94. The average molecular weight is 401 g/mol. The second kappa shape index (κ2) is 8.33. The van der Waals surface area contributed by atoms with E-state index in [9.17, 15) is 10.1 Å². The molecule has 2 heterocycles. The summed E-state index contributed by atoms with van der Waals surface area (Å²) in [5.74, 6) is 0. The van der Waals surface area contributed by atoms with Gasteiger partial charge < -0.3 is 15.2 Å². The van der Waals surface area contributed by atoms with Gasteiger partial charge in [0.2, 0.25) is 0 Å². The van der Waals surface area contributed by atoms with E-state index >= 15 is 0 Å². The van der Waals surface area contributed by atoms with Crippen molar-refractivity contribution in [2.45, 2.75) is 32.1 Å². The number of rotatable bonds is 5. The van der Waals surface area contributed by atoms with Crippen LogP contribution in [0.5, 0.6) is 0 Å². The number of aryl methyl sites for hydroxylation is 1. The van der Waals surface area contributed by atoms with Crippen molar-refractivity contribution < 1.29 is 0 Å². The third kappa shape index (κ3) is 3.96. The molecule has 0 amide bonds. The molecule has 1 aliphatic rings. The maximum Gasteiger partial charge on any atom is 0.251 e. The largest absolute Gasteiger partial charge is 0.369 e. The average Bonchev–Trinajstić information content (AvgIpc) is 2.79. The van der Waals surface area contributed by atoms with E-state index in [2.05, 4.69) is 45.5 Å². The van der Waals surface area contributed by atoms with Gasteiger partial charge in [-0.1, -0.05) is 31.2 Å². The lowest BCUT2D eigenvalue weighted by atomic mass is 9.78. The van der Waals surface area contributed by atoms with Gasteiger partial charge in [-0.25, -0.2) is 0 Å². The Morgan fingerprint density at radius 2 is 1.93 bits per heavy atom. The fraction of sp³-hybridized carbons (Fsp3) is 0.360. The molecule has 1 atom stereocenters. The molecule has 1 aromatic heterocycles. The molecule has 4 rings (SSSR count). The maximum absolute atomic E-state index is 12.2. The number of H-pyrrole nitrogens is 1. The summed E-state index contributed by atoms with van der Waals surface area (Å²) in [6.07, 6.45) is 1.32. The van der Waals surface area contributed by atoms with Gasteiger partial charge in [-0.2, -0.15) is 5.26 Å². The van der Waals surface area contributed by atoms with Crippen molar-refractivity contribution in [3.05, 3.63) is 75.6 Å². The highest BCUT2D eigenvalue weighted by Crippen LogP contribution is 2.31. The van der Waals surface area contributed by atoms with E-state index in [1.807, 2.05) is 38.1 Å². The Labute approximate surface area is 177 Å². The van der Waals surface area contributed by atoms with Crippen LogP contribution in [0.1, 0.15) is 30.5 Å². The SMILES string of the molecule is CCc1cc2ccc(C(C)(C#N)Cc3cccc(N4CCNCC4)c3)cc2[nH]c1=O. The minimum Gasteiger partial charge on any atom is -0.369 e. The fourth-order valence-corrected chi connectivity index (χ4v) is 4.25. The Bertz CT molecular complexity index is 1150. The fourth-order valence-electron chi connectivity index (χ4n) is 4.25. The normalized spacial score (nSPS) is 16.2. The molecule has 0 radical (unpaired) electrons. The van der Waals surface area contributed by atoms with Gasteiger partial charge in [0.15, 0.2) is 0 Å². The van der Waals surface area contributed by atoms with Crippen LogP contribution in [0.4, 0.5) is 5.69 Å². The van der Waals surface area contributed by atoms with Crippen LogP contribution < -0.4 is 15.8 Å². The number of benzene rings is 2. The third-order valence-corrected chi connectivity index (χ3v) is 6.14. The van der Waals surface area contributed by atoms with Gasteiger partial charge in [-0.3, -0.25) is 4.79 Å². The monoisotopic (exact) mass is 400 g/mol. The molecule has 1 saturated heterocycles. The zero-order valence-corrected chi connectivity index (χ0v) is 17.7. The standard InChI is InChI=1S/C25H28N4O/c1-3-19-14-20-7-8-21(15-23(20)28-24(19)30)25(2,17-26)16-18-5-4-6-22(13-18)29-11-9-27-10-12-29/h4-8,13-15,27H,3,9-12,16H2,1-2H3,(H,28,30). The molecule has 1 aliphatic heterocycles. The molecule has 5 nitrogen and oxygen atoms in total. The van der Waals surface area contributed by atoms with E-state index in [1.54, 1.807) is 0 Å². The molecule has 0 bridgehead atoms. The summed E-state index contributed by atoms with van der Waals surface area (Å²) < 4.78 is 0. The molecular weight excluding hydrogens is 372 g/mol. The Morgan fingerprint density at radius 3 is 2.67 bits per heavy atom. The van der Waals surface area contributed by atoms with Crippen molar-refractivity contribution in [3.8, 4) is 6.07 Å². The van der Waals surface area contributed by atoms with E-state index in [1.165, 1.54) is 5.69 Å². The topological polar surface area (TPSA) is 71.9 Å². The number of aromatic amines is 1. The lowest BCUT2D eigenvalue weighted by molar-refractivity contribution is 0.587. The first kappa shape index (κ1) is 20.2. The second-order valence-electron chi connectivity index (χ2n) is 8.31. The van der Waals surface area contributed by atoms with Crippen molar-refractivity contribution in [1.82, 2.24) is 10.3 Å². The molecule has 154 valence electrons. The Morgan fingerprint density at radius 1 is 1.13 bits per heavy atom. The van der Waals surface area contributed by atoms with Crippen molar-refractivity contribution in [2.75, 3.05) is 31.1 Å². The van der Waals surface area contributed by atoms with E-state index in [-0.39, 0.29) is 5.56 Å². The van der Waals surface area contributed by atoms with Gasteiger partial charge in [0.05, 0.1) is 11.5 Å². The molecule has 30 heavy (non-hydrogen) atoms. The highest BCUT2D eigenvalue weighted by Gasteiger charge is 2.28. The number of hydrogen-bond donors (Lipinski definition) is 2. The van der Waals surface area contributed by atoms with E-state index < -0.39 is 5.41 Å². The minimum absolute atomic E-state index is 0.0514. The lowest BCUT2D eigenvalue weighted by Gasteiger charge is -2.30. The smallest absolute Gasteiger partial charge is 0.251 e. The highest BCUT2D eigenvalue weighted by molar-refractivity contribution is 5.80. The van der Waals surface area contributed by atoms with Gasteiger partial charge in [-0.05, 0) is 60.5 Å². The summed E-state index contributed by atoms with van der Waals surface area (Å²) in [7, 11) is 0. The molecule has 1 unspecified atom stereocenters. The Hall–Kier alpha value is -3.10. The minimum atomic E-state index is -0.684. The molecule has 0 spiro atoms. The summed E-state index contributed by atoms with van der Waals surface area (Å²) in [6, 6.07) is 19.0. The number of hydrogen-bond acceptors (Lipinski definition) is 4. The summed E-state index contributed by atoms with van der Waals surface area (Å²) in [5, 5.41) is 14.5. The van der Waals surface area contributed by atoms with Crippen molar-refractivity contribution in [1.29, 1.82) is 5.26 Å². The van der Waals surface area contributed by atoms with Gasteiger partial charge in [0.25, 0.3) is 5.56 Å². The number of anilines is 1. The number of nitrogens with zero attached hydrogens (tertiary/aromatic N) is 2. The van der Waals surface area contributed by atoms with E-state index in [4.69, 9.17) is 0 Å². The molecule has 5 heteroatoms. The van der Waals surface area contributed by atoms with E-state index in [0.717, 1.165) is 53.8 Å². The van der Waals surface area contributed by atoms with Crippen LogP contribution >= 0.6 is 0 Å². The Kier molecular flexibility index (Phi) is 5.61. The first-order chi connectivity index (χ1) is 14.5. The summed E-state index contributed by atoms with van der Waals surface area (Å²) in [4.78, 5) is 17.6. The third-order valence-electron chi connectivity index (χ3n) is 6.14.